The van der Waals surface area contributed by atoms with Crippen LogP contribution in [0, 0.1) is 12.8 Å². The van der Waals surface area contributed by atoms with Crippen molar-refractivity contribution >= 4 is 5.82 Å². The summed E-state index contributed by atoms with van der Waals surface area (Å²) < 4.78 is 0. The zero-order chi connectivity index (χ0) is 15.2. The molecular formula is C18H25N3. The Balaban J connectivity index is 2.36. The molecule has 0 saturated heterocycles. The first-order valence-electron chi connectivity index (χ1n) is 7.77. The van der Waals surface area contributed by atoms with Crippen LogP contribution in [0.1, 0.15) is 38.4 Å². The molecule has 1 aromatic carbocycles. The largest absolute Gasteiger partial charge is 0.370 e. The molecule has 112 valence electrons. The fourth-order valence-corrected chi connectivity index (χ4v) is 2.20. The van der Waals surface area contributed by atoms with Gasteiger partial charge in [0.1, 0.15) is 5.82 Å². The lowest BCUT2D eigenvalue weighted by atomic mass is 10.1. The van der Waals surface area contributed by atoms with Crippen molar-refractivity contribution in [1.29, 1.82) is 0 Å². The molecule has 0 unspecified atom stereocenters. The van der Waals surface area contributed by atoms with E-state index in [9.17, 15) is 0 Å². The minimum atomic E-state index is 0.588. The van der Waals surface area contributed by atoms with Crippen LogP contribution in [0.5, 0.6) is 0 Å². The highest BCUT2D eigenvalue weighted by atomic mass is 15.0. The fourth-order valence-electron chi connectivity index (χ4n) is 2.20. The summed E-state index contributed by atoms with van der Waals surface area (Å²) in [6.07, 6.45) is 2.06. The van der Waals surface area contributed by atoms with Crippen LogP contribution in [-0.4, -0.2) is 16.5 Å². The standard InChI is InChI=1S/C18H25N3/c1-5-10-19-17-12-16(11-13(2)3)20-18(21-17)15-8-6-14(4)7-9-15/h6-9,12-13H,5,10-11H2,1-4H3,(H,19,20,21). The van der Waals surface area contributed by atoms with Gasteiger partial charge < -0.3 is 5.32 Å². The third kappa shape index (κ3) is 4.55. The first-order valence-corrected chi connectivity index (χ1v) is 7.77. The van der Waals surface area contributed by atoms with Crippen molar-refractivity contribution in [2.24, 2.45) is 5.92 Å². The normalized spacial score (nSPS) is 10.9. The first kappa shape index (κ1) is 15.5. The maximum absolute atomic E-state index is 4.73. The van der Waals surface area contributed by atoms with Gasteiger partial charge in [-0.25, -0.2) is 9.97 Å². The van der Waals surface area contributed by atoms with Crippen LogP contribution in [0.4, 0.5) is 5.82 Å². The van der Waals surface area contributed by atoms with Crippen molar-refractivity contribution in [2.45, 2.75) is 40.5 Å². The molecule has 1 heterocycles. The number of nitrogens with one attached hydrogen (secondary N) is 1. The Bertz CT molecular complexity index is 574. The third-order valence-electron chi connectivity index (χ3n) is 3.26. The van der Waals surface area contributed by atoms with Gasteiger partial charge in [-0.1, -0.05) is 50.6 Å². The van der Waals surface area contributed by atoms with Crippen molar-refractivity contribution in [3.05, 3.63) is 41.6 Å². The fraction of sp³-hybridized carbons (Fsp3) is 0.444. The molecule has 0 amide bonds. The molecule has 0 aliphatic rings. The Hall–Kier alpha value is -1.90. The minimum Gasteiger partial charge on any atom is -0.370 e. The van der Waals surface area contributed by atoms with E-state index in [1.54, 1.807) is 0 Å². The van der Waals surface area contributed by atoms with Crippen LogP contribution in [0.25, 0.3) is 11.4 Å². The van der Waals surface area contributed by atoms with E-state index in [1.165, 1.54) is 5.56 Å². The molecule has 0 spiro atoms. The Labute approximate surface area is 127 Å². The molecule has 0 aliphatic heterocycles. The van der Waals surface area contributed by atoms with Crippen molar-refractivity contribution in [3.8, 4) is 11.4 Å². The maximum atomic E-state index is 4.73. The number of rotatable bonds is 6. The topological polar surface area (TPSA) is 37.8 Å². The Morgan fingerprint density at radius 1 is 1.10 bits per heavy atom. The summed E-state index contributed by atoms with van der Waals surface area (Å²) in [6, 6.07) is 10.5. The van der Waals surface area contributed by atoms with Crippen molar-refractivity contribution in [1.82, 2.24) is 9.97 Å². The molecule has 21 heavy (non-hydrogen) atoms. The summed E-state index contributed by atoms with van der Waals surface area (Å²) in [6.45, 7) is 9.61. The van der Waals surface area contributed by atoms with Crippen LogP contribution in [0.15, 0.2) is 30.3 Å². The predicted octanol–water partition coefficient (Wildman–Crippen LogP) is 4.47. The number of hydrogen-bond donors (Lipinski definition) is 1. The molecule has 0 saturated carbocycles. The highest BCUT2D eigenvalue weighted by Crippen LogP contribution is 2.20. The molecule has 0 fully saturated rings. The number of aromatic nitrogens is 2. The average molecular weight is 283 g/mol. The quantitative estimate of drug-likeness (QED) is 0.849. The number of aryl methyl sites for hydroxylation is 1. The highest BCUT2D eigenvalue weighted by molar-refractivity contribution is 5.58. The van der Waals surface area contributed by atoms with Crippen LogP contribution in [-0.2, 0) is 6.42 Å². The zero-order valence-electron chi connectivity index (χ0n) is 13.5. The summed E-state index contributed by atoms with van der Waals surface area (Å²) in [7, 11) is 0. The van der Waals surface area contributed by atoms with E-state index >= 15 is 0 Å². The number of anilines is 1. The third-order valence-corrected chi connectivity index (χ3v) is 3.26. The molecule has 3 nitrogen and oxygen atoms in total. The van der Waals surface area contributed by atoms with Gasteiger partial charge in [-0.05, 0) is 25.7 Å². The molecule has 0 radical (unpaired) electrons. The Morgan fingerprint density at radius 2 is 1.81 bits per heavy atom. The molecule has 3 heteroatoms. The van der Waals surface area contributed by atoms with Crippen molar-refractivity contribution in [2.75, 3.05) is 11.9 Å². The SMILES string of the molecule is CCCNc1cc(CC(C)C)nc(-c2ccc(C)cc2)n1. The van der Waals surface area contributed by atoms with Crippen molar-refractivity contribution < 1.29 is 0 Å². The second-order valence-corrected chi connectivity index (χ2v) is 5.96. The van der Waals surface area contributed by atoms with Gasteiger partial charge in [-0.3, -0.25) is 0 Å². The summed E-state index contributed by atoms with van der Waals surface area (Å²) in [5.41, 5.74) is 3.43. The van der Waals surface area contributed by atoms with Gasteiger partial charge in [-0.2, -0.15) is 0 Å². The monoisotopic (exact) mass is 283 g/mol. The second kappa shape index (κ2) is 7.21. The van der Waals surface area contributed by atoms with Crippen LogP contribution >= 0.6 is 0 Å². The molecule has 0 atom stereocenters. The van der Waals surface area contributed by atoms with E-state index in [0.29, 0.717) is 5.92 Å². The van der Waals surface area contributed by atoms with Crippen LogP contribution < -0.4 is 5.32 Å². The van der Waals surface area contributed by atoms with Gasteiger partial charge in [0.2, 0.25) is 0 Å². The van der Waals surface area contributed by atoms with E-state index in [0.717, 1.165) is 42.3 Å². The second-order valence-electron chi connectivity index (χ2n) is 5.96. The van der Waals surface area contributed by atoms with Gasteiger partial charge >= 0.3 is 0 Å². The summed E-state index contributed by atoms with van der Waals surface area (Å²) in [5.74, 6) is 2.33. The zero-order valence-corrected chi connectivity index (χ0v) is 13.5. The highest BCUT2D eigenvalue weighted by Gasteiger charge is 2.08. The van der Waals surface area contributed by atoms with E-state index in [4.69, 9.17) is 4.98 Å². The Morgan fingerprint density at radius 3 is 2.43 bits per heavy atom. The van der Waals surface area contributed by atoms with E-state index in [-0.39, 0.29) is 0 Å². The average Bonchev–Trinajstić information content (AvgIpc) is 2.45. The first-order chi connectivity index (χ1) is 10.1. The van der Waals surface area contributed by atoms with E-state index in [1.807, 2.05) is 0 Å². The molecule has 2 aromatic rings. The lowest BCUT2D eigenvalue weighted by Gasteiger charge is -2.11. The molecule has 0 aliphatic carbocycles. The van der Waals surface area contributed by atoms with Gasteiger partial charge in [0.15, 0.2) is 5.82 Å². The summed E-state index contributed by atoms with van der Waals surface area (Å²) in [5, 5.41) is 3.38. The maximum Gasteiger partial charge on any atom is 0.161 e. The molecule has 0 bridgehead atoms. The van der Waals surface area contributed by atoms with Gasteiger partial charge in [-0.15, -0.1) is 0 Å². The Kier molecular flexibility index (Phi) is 5.32. The summed E-state index contributed by atoms with van der Waals surface area (Å²) >= 11 is 0. The molecule has 1 N–H and O–H groups in total. The molecule has 1 aromatic heterocycles. The van der Waals surface area contributed by atoms with Gasteiger partial charge in [0.25, 0.3) is 0 Å². The minimum absolute atomic E-state index is 0.588. The number of nitrogens with zero attached hydrogens (tertiary/aromatic N) is 2. The van der Waals surface area contributed by atoms with Crippen LogP contribution in [0.3, 0.4) is 0 Å². The van der Waals surface area contributed by atoms with E-state index < -0.39 is 0 Å². The molecule has 2 rings (SSSR count). The van der Waals surface area contributed by atoms with Gasteiger partial charge in [0.05, 0.1) is 0 Å². The lowest BCUT2D eigenvalue weighted by Crippen LogP contribution is -2.07. The summed E-state index contributed by atoms with van der Waals surface area (Å²) in [4.78, 5) is 9.39. The molecular weight excluding hydrogens is 258 g/mol. The number of benzene rings is 1. The number of hydrogen-bond acceptors (Lipinski definition) is 3. The van der Waals surface area contributed by atoms with Crippen molar-refractivity contribution in [3.63, 3.8) is 0 Å². The van der Waals surface area contributed by atoms with Crippen LogP contribution in [0.2, 0.25) is 0 Å². The van der Waals surface area contributed by atoms with E-state index in [2.05, 4.69) is 68.3 Å². The predicted molar refractivity (Wildman–Crippen MR) is 89.5 cm³/mol. The lowest BCUT2D eigenvalue weighted by molar-refractivity contribution is 0.635. The van der Waals surface area contributed by atoms with Gasteiger partial charge in [0, 0.05) is 23.9 Å². The smallest absolute Gasteiger partial charge is 0.161 e.